The van der Waals surface area contributed by atoms with E-state index in [-0.39, 0.29) is 22.3 Å². The summed E-state index contributed by atoms with van der Waals surface area (Å²) in [6.45, 7) is 3.92. The predicted octanol–water partition coefficient (Wildman–Crippen LogP) is 3.50. The second kappa shape index (κ2) is 8.07. The van der Waals surface area contributed by atoms with Gasteiger partial charge < -0.3 is 0 Å². The number of H-pyrrole nitrogens is 1. The average molecular weight is 455 g/mol. The zero-order valence-corrected chi connectivity index (χ0v) is 18.7. The molecule has 3 aromatic heterocycles. The fourth-order valence-corrected chi connectivity index (χ4v) is 4.78. The summed E-state index contributed by atoms with van der Waals surface area (Å²) in [6.07, 6.45) is 1.45. The zero-order chi connectivity index (χ0) is 23.1. The fraction of sp³-hybridized carbons (Fsp3) is 0.125. The number of thioether (sulfide) groups is 1. The summed E-state index contributed by atoms with van der Waals surface area (Å²) < 4.78 is 2.87. The van der Waals surface area contributed by atoms with Crippen LogP contribution in [-0.2, 0) is 5.75 Å². The molecule has 8 nitrogen and oxygen atoms in total. The van der Waals surface area contributed by atoms with Crippen molar-refractivity contribution < 1.29 is 0 Å². The standard InChI is InChI=1S/C24H18N6O2S/c1-14-6-5-7-15(2)21(14)29-23(32)18-8-3-4-9-19(18)28-24(29)33-13-17-10-20(31)30-22(27-17)16(11-25)12-26-30/h3-10,12,26H,13H2,1-2H3. The SMILES string of the molecule is Cc1cccc(C)c1-n1c(SCc2cc(=O)n3[nH]cc(C#N)c3n2)nc2ccccc2c1=O. The number of nitrogens with zero attached hydrogens (tertiary/aromatic N) is 5. The maximum Gasteiger partial charge on any atom is 0.272 e. The van der Waals surface area contributed by atoms with Crippen molar-refractivity contribution in [1.29, 1.82) is 5.26 Å². The summed E-state index contributed by atoms with van der Waals surface area (Å²) in [6, 6.07) is 16.6. The number of rotatable bonds is 4. The Balaban J connectivity index is 1.66. The van der Waals surface area contributed by atoms with E-state index in [1.54, 1.807) is 10.6 Å². The van der Waals surface area contributed by atoms with Crippen LogP contribution in [0, 0.1) is 25.2 Å². The molecule has 5 rings (SSSR count). The van der Waals surface area contributed by atoms with Crippen LogP contribution >= 0.6 is 11.8 Å². The van der Waals surface area contributed by atoms with Gasteiger partial charge in [-0.3, -0.25) is 19.3 Å². The van der Waals surface area contributed by atoms with Gasteiger partial charge in [-0.25, -0.2) is 14.5 Å². The normalized spacial score (nSPS) is 11.2. The van der Waals surface area contributed by atoms with Gasteiger partial charge in [-0.1, -0.05) is 42.1 Å². The van der Waals surface area contributed by atoms with Crippen LogP contribution in [0.2, 0.25) is 0 Å². The molecule has 0 radical (unpaired) electrons. The van der Waals surface area contributed by atoms with Crippen LogP contribution in [0.1, 0.15) is 22.4 Å². The van der Waals surface area contributed by atoms with E-state index in [1.807, 2.05) is 56.3 Å². The number of hydrogen-bond acceptors (Lipinski definition) is 6. The summed E-state index contributed by atoms with van der Waals surface area (Å²) >= 11 is 1.32. The van der Waals surface area contributed by atoms with Gasteiger partial charge >= 0.3 is 0 Å². The van der Waals surface area contributed by atoms with E-state index >= 15 is 0 Å². The maximum absolute atomic E-state index is 13.5. The highest BCUT2D eigenvalue weighted by Gasteiger charge is 2.17. The molecule has 0 aliphatic heterocycles. The summed E-state index contributed by atoms with van der Waals surface area (Å²) in [7, 11) is 0. The van der Waals surface area contributed by atoms with Crippen LogP contribution in [0.5, 0.6) is 0 Å². The van der Waals surface area contributed by atoms with Crippen molar-refractivity contribution in [3.63, 3.8) is 0 Å². The number of hydrogen-bond donors (Lipinski definition) is 1. The van der Waals surface area contributed by atoms with Gasteiger partial charge in [0.1, 0.15) is 11.6 Å². The molecule has 0 bridgehead atoms. The Kier molecular flexibility index (Phi) is 5.07. The van der Waals surface area contributed by atoms with E-state index in [2.05, 4.69) is 10.1 Å². The van der Waals surface area contributed by atoms with Crippen molar-refractivity contribution >= 4 is 28.3 Å². The van der Waals surface area contributed by atoms with Crippen LogP contribution < -0.4 is 11.1 Å². The monoisotopic (exact) mass is 454 g/mol. The molecule has 0 aliphatic rings. The minimum atomic E-state index is -0.310. The topological polar surface area (TPSA) is 109 Å². The first-order valence-corrected chi connectivity index (χ1v) is 11.2. The lowest BCUT2D eigenvalue weighted by Gasteiger charge is -2.17. The third-order valence-corrected chi connectivity index (χ3v) is 6.40. The summed E-state index contributed by atoms with van der Waals surface area (Å²) in [4.78, 5) is 35.2. The van der Waals surface area contributed by atoms with Gasteiger partial charge in [0.2, 0.25) is 0 Å². The van der Waals surface area contributed by atoms with Crippen molar-refractivity contribution in [1.82, 2.24) is 24.1 Å². The number of nitriles is 1. The molecule has 2 aromatic carbocycles. The van der Waals surface area contributed by atoms with Crippen molar-refractivity contribution in [2.24, 2.45) is 0 Å². The van der Waals surface area contributed by atoms with Crippen LogP contribution in [-0.4, -0.2) is 24.1 Å². The van der Waals surface area contributed by atoms with Gasteiger partial charge in [0, 0.05) is 18.0 Å². The first-order valence-electron chi connectivity index (χ1n) is 10.2. The molecule has 0 atom stereocenters. The number of fused-ring (bicyclic) bond motifs is 2. The van der Waals surface area contributed by atoms with Crippen molar-refractivity contribution in [3.8, 4) is 11.8 Å². The predicted molar refractivity (Wildman–Crippen MR) is 127 cm³/mol. The molecular weight excluding hydrogens is 436 g/mol. The third-order valence-electron chi connectivity index (χ3n) is 5.43. The van der Waals surface area contributed by atoms with Crippen molar-refractivity contribution in [2.75, 3.05) is 0 Å². The van der Waals surface area contributed by atoms with Crippen molar-refractivity contribution in [3.05, 3.63) is 97.8 Å². The van der Waals surface area contributed by atoms with E-state index in [4.69, 9.17) is 4.98 Å². The molecule has 3 heterocycles. The van der Waals surface area contributed by atoms with Gasteiger partial charge in [-0.05, 0) is 37.1 Å². The zero-order valence-electron chi connectivity index (χ0n) is 17.9. The van der Waals surface area contributed by atoms with Gasteiger partial charge in [0.25, 0.3) is 11.1 Å². The number of aryl methyl sites for hydroxylation is 2. The molecule has 0 unspecified atom stereocenters. The molecule has 0 fully saturated rings. The number of aromatic amines is 1. The molecule has 162 valence electrons. The van der Waals surface area contributed by atoms with Crippen LogP contribution in [0.15, 0.2) is 69.5 Å². The lowest BCUT2D eigenvalue weighted by molar-refractivity contribution is 0.808. The van der Waals surface area contributed by atoms with Gasteiger partial charge in [0.05, 0.1) is 22.3 Å². The Bertz CT molecular complexity index is 1690. The molecule has 1 N–H and O–H groups in total. The maximum atomic E-state index is 13.5. The van der Waals surface area contributed by atoms with Gasteiger partial charge in [-0.2, -0.15) is 5.26 Å². The van der Waals surface area contributed by atoms with Gasteiger partial charge in [-0.15, -0.1) is 0 Å². The molecular formula is C24H18N6O2S. The smallest absolute Gasteiger partial charge is 0.272 e. The molecule has 0 aliphatic carbocycles. The first kappa shape index (κ1) is 20.7. The number of para-hydroxylation sites is 2. The molecule has 0 saturated carbocycles. The molecule has 0 amide bonds. The molecule has 0 saturated heterocycles. The highest BCUT2D eigenvalue weighted by molar-refractivity contribution is 7.98. The molecule has 0 spiro atoms. The Morgan fingerprint density at radius 2 is 1.82 bits per heavy atom. The van der Waals surface area contributed by atoms with Gasteiger partial charge in [0.15, 0.2) is 10.8 Å². The van der Waals surface area contributed by atoms with Crippen molar-refractivity contribution in [2.45, 2.75) is 24.8 Å². The summed E-state index contributed by atoms with van der Waals surface area (Å²) in [5, 5.41) is 13.1. The average Bonchev–Trinajstić information content (AvgIpc) is 3.23. The van der Waals surface area contributed by atoms with E-state index < -0.39 is 0 Å². The Hall–Kier alpha value is -4.16. The number of aromatic nitrogens is 5. The number of benzene rings is 2. The second-order valence-electron chi connectivity index (χ2n) is 7.62. The quantitative estimate of drug-likeness (QED) is 0.329. The lowest BCUT2D eigenvalue weighted by atomic mass is 10.1. The lowest BCUT2D eigenvalue weighted by Crippen LogP contribution is -2.23. The van der Waals surface area contributed by atoms with Crippen LogP contribution in [0.4, 0.5) is 0 Å². The second-order valence-corrected chi connectivity index (χ2v) is 8.57. The first-order chi connectivity index (χ1) is 16.0. The highest BCUT2D eigenvalue weighted by Crippen LogP contribution is 2.27. The summed E-state index contributed by atoms with van der Waals surface area (Å²) in [5.41, 5.74) is 3.92. The highest BCUT2D eigenvalue weighted by atomic mass is 32.2. The van der Waals surface area contributed by atoms with E-state index in [0.717, 1.165) is 16.8 Å². The minimum Gasteiger partial charge on any atom is -0.295 e. The molecule has 33 heavy (non-hydrogen) atoms. The number of nitrogens with one attached hydrogen (secondary N) is 1. The third kappa shape index (κ3) is 3.50. The van der Waals surface area contributed by atoms with E-state index in [1.165, 1.54) is 28.5 Å². The van der Waals surface area contributed by atoms with E-state index in [9.17, 15) is 14.9 Å². The van der Waals surface area contributed by atoms with Crippen LogP contribution in [0.3, 0.4) is 0 Å². The Morgan fingerprint density at radius 3 is 2.58 bits per heavy atom. The minimum absolute atomic E-state index is 0.151. The van der Waals surface area contributed by atoms with Crippen LogP contribution in [0.25, 0.3) is 22.2 Å². The Morgan fingerprint density at radius 1 is 1.06 bits per heavy atom. The largest absolute Gasteiger partial charge is 0.295 e. The van der Waals surface area contributed by atoms with E-state index in [0.29, 0.717) is 27.5 Å². The fourth-order valence-electron chi connectivity index (χ4n) is 3.89. The molecule has 5 aromatic rings. The summed E-state index contributed by atoms with van der Waals surface area (Å²) in [5.74, 6) is 0.303. The molecule has 9 heteroatoms. The Labute approximate surface area is 192 Å².